The van der Waals surface area contributed by atoms with Crippen LogP contribution in [0.25, 0.3) is 5.57 Å². The average molecular weight is 338 g/mol. The molecule has 0 bridgehead atoms. The fourth-order valence-corrected chi connectivity index (χ4v) is 4.37. The van der Waals surface area contributed by atoms with Crippen LogP contribution in [0.1, 0.15) is 36.5 Å². The van der Waals surface area contributed by atoms with E-state index in [-0.39, 0.29) is 11.7 Å². The standard InChI is InChI=1S/C25H22O/c1-18-22(19-12-6-3-7-13-19)24(26)25(2,21-16-10-5-11-17-21)23(18)20-14-8-4-9-15-20/h3-17,22H,1-2H3. The van der Waals surface area contributed by atoms with E-state index in [0.717, 1.165) is 27.8 Å². The Morgan fingerprint density at radius 1 is 0.731 bits per heavy atom. The van der Waals surface area contributed by atoms with Crippen LogP contribution >= 0.6 is 0 Å². The van der Waals surface area contributed by atoms with Gasteiger partial charge in [-0.25, -0.2) is 0 Å². The summed E-state index contributed by atoms with van der Waals surface area (Å²) in [5, 5.41) is 0. The molecule has 0 N–H and O–H groups in total. The molecule has 0 aliphatic heterocycles. The van der Waals surface area contributed by atoms with Crippen LogP contribution in [0.3, 0.4) is 0 Å². The maximum atomic E-state index is 13.8. The normalized spacial score (nSPS) is 22.7. The summed E-state index contributed by atoms with van der Waals surface area (Å²) in [5.41, 5.74) is 4.91. The van der Waals surface area contributed by atoms with E-state index < -0.39 is 5.41 Å². The third kappa shape index (κ3) is 2.43. The molecule has 1 aliphatic rings. The predicted octanol–water partition coefficient (Wildman–Crippen LogP) is 5.78. The second kappa shape index (κ2) is 6.42. The lowest BCUT2D eigenvalue weighted by Gasteiger charge is -2.28. The number of ketones is 1. The topological polar surface area (TPSA) is 17.1 Å². The first-order valence-electron chi connectivity index (χ1n) is 9.05. The van der Waals surface area contributed by atoms with E-state index in [0.29, 0.717) is 0 Å². The number of allylic oxidation sites excluding steroid dienone is 2. The zero-order valence-corrected chi connectivity index (χ0v) is 15.1. The van der Waals surface area contributed by atoms with Gasteiger partial charge in [-0.05, 0) is 36.1 Å². The Balaban J connectivity index is 1.98. The molecule has 0 saturated carbocycles. The lowest BCUT2D eigenvalue weighted by Crippen LogP contribution is -2.32. The van der Waals surface area contributed by atoms with E-state index >= 15 is 0 Å². The smallest absolute Gasteiger partial charge is 0.159 e. The number of carbonyl (C=O) groups excluding carboxylic acids is 1. The zero-order valence-electron chi connectivity index (χ0n) is 15.1. The second-order valence-electron chi connectivity index (χ2n) is 7.12. The Hall–Kier alpha value is -2.93. The summed E-state index contributed by atoms with van der Waals surface area (Å²) in [6.45, 7) is 4.20. The van der Waals surface area contributed by atoms with Crippen molar-refractivity contribution < 1.29 is 4.79 Å². The quantitative estimate of drug-likeness (QED) is 0.591. The van der Waals surface area contributed by atoms with Crippen LogP contribution in [0.15, 0.2) is 96.6 Å². The van der Waals surface area contributed by atoms with Gasteiger partial charge >= 0.3 is 0 Å². The van der Waals surface area contributed by atoms with Crippen LogP contribution < -0.4 is 0 Å². The average Bonchev–Trinajstić information content (AvgIpc) is 2.90. The molecule has 3 aromatic rings. The Bertz CT molecular complexity index is 955. The third-order valence-electron chi connectivity index (χ3n) is 5.63. The Kier molecular flexibility index (Phi) is 4.08. The summed E-state index contributed by atoms with van der Waals surface area (Å²) in [6.07, 6.45) is 0. The minimum Gasteiger partial charge on any atom is -0.297 e. The van der Waals surface area contributed by atoms with Gasteiger partial charge in [0.15, 0.2) is 5.78 Å². The van der Waals surface area contributed by atoms with Gasteiger partial charge < -0.3 is 0 Å². The summed E-state index contributed by atoms with van der Waals surface area (Å²) in [5.74, 6) is 0.0582. The first-order valence-corrected chi connectivity index (χ1v) is 9.05. The van der Waals surface area contributed by atoms with Gasteiger partial charge in [-0.1, -0.05) is 96.6 Å². The largest absolute Gasteiger partial charge is 0.297 e. The summed E-state index contributed by atoms with van der Waals surface area (Å²) < 4.78 is 0. The van der Waals surface area contributed by atoms with E-state index in [2.05, 4.69) is 50.2 Å². The summed E-state index contributed by atoms with van der Waals surface area (Å²) in [7, 11) is 0. The van der Waals surface area contributed by atoms with Crippen molar-refractivity contribution in [3.8, 4) is 0 Å². The molecular formula is C25H22O. The summed E-state index contributed by atoms with van der Waals surface area (Å²) >= 11 is 0. The lowest BCUT2D eigenvalue weighted by molar-refractivity contribution is -0.122. The van der Waals surface area contributed by atoms with Crippen molar-refractivity contribution >= 4 is 11.4 Å². The van der Waals surface area contributed by atoms with E-state index in [1.54, 1.807) is 0 Å². The summed E-state index contributed by atoms with van der Waals surface area (Å²) in [4.78, 5) is 13.8. The SMILES string of the molecule is CC1=C(c2ccccc2)C(C)(c2ccccc2)C(=O)C1c1ccccc1. The van der Waals surface area contributed by atoms with Crippen LogP contribution in [0, 0.1) is 0 Å². The molecule has 0 aromatic heterocycles. The highest BCUT2D eigenvalue weighted by Crippen LogP contribution is 2.53. The van der Waals surface area contributed by atoms with Crippen molar-refractivity contribution in [3.63, 3.8) is 0 Å². The maximum Gasteiger partial charge on any atom is 0.159 e. The molecule has 0 spiro atoms. The molecule has 1 nitrogen and oxygen atoms in total. The number of hydrogen-bond donors (Lipinski definition) is 0. The zero-order chi connectivity index (χ0) is 18.1. The highest BCUT2D eigenvalue weighted by Gasteiger charge is 2.50. The number of Topliss-reactive ketones (excluding diaryl/α,β-unsaturated/α-hetero) is 1. The molecule has 1 aliphatic carbocycles. The van der Waals surface area contributed by atoms with Gasteiger partial charge in [0.25, 0.3) is 0 Å². The Morgan fingerprint density at radius 3 is 1.81 bits per heavy atom. The van der Waals surface area contributed by atoms with Crippen molar-refractivity contribution in [2.75, 3.05) is 0 Å². The van der Waals surface area contributed by atoms with Gasteiger partial charge in [-0.15, -0.1) is 0 Å². The molecule has 1 heteroatoms. The first-order chi connectivity index (χ1) is 12.6. The van der Waals surface area contributed by atoms with Gasteiger partial charge in [0.2, 0.25) is 0 Å². The molecule has 0 fully saturated rings. The van der Waals surface area contributed by atoms with E-state index in [1.807, 2.05) is 54.6 Å². The monoisotopic (exact) mass is 338 g/mol. The Labute approximate surface area is 155 Å². The van der Waals surface area contributed by atoms with Crippen molar-refractivity contribution in [2.24, 2.45) is 0 Å². The third-order valence-corrected chi connectivity index (χ3v) is 5.63. The molecule has 3 aromatic carbocycles. The minimum absolute atomic E-state index is 0.198. The lowest BCUT2D eigenvalue weighted by atomic mass is 9.72. The molecule has 0 amide bonds. The van der Waals surface area contributed by atoms with Crippen LogP contribution in [0.5, 0.6) is 0 Å². The predicted molar refractivity (Wildman–Crippen MR) is 107 cm³/mol. The second-order valence-corrected chi connectivity index (χ2v) is 7.12. The first kappa shape index (κ1) is 16.5. The number of benzene rings is 3. The van der Waals surface area contributed by atoms with Gasteiger partial charge in [0, 0.05) is 0 Å². The van der Waals surface area contributed by atoms with Crippen molar-refractivity contribution in [3.05, 3.63) is 113 Å². The molecule has 0 saturated heterocycles. The maximum absolute atomic E-state index is 13.8. The van der Waals surface area contributed by atoms with Gasteiger partial charge in [0.1, 0.15) is 0 Å². The van der Waals surface area contributed by atoms with Crippen molar-refractivity contribution in [1.82, 2.24) is 0 Å². The van der Waals surface area contributed by atoms with E-state index in [4.69, 9.17) is 0 Å². The molecule has 2 unspecified atom stereocenters. The fraction of sp³-hybridized carbons (Fsp3) is 0.160. The molecule has 26 heavy (non-hydrogen) atoms. The number of carbonyl (C=O) groups is 1. The van der Waals surface area contributed by atoms with Crippen molar-refractivity contribution in [1.29, 1.82) is 0 Å². The van der Waals surface area contributed by atoms with Crippen LogP contribution in [0.4, 0.5) is 0 Å². The molecule has 128 valence electrons. The van der Waals surface area contributed by atoms with Crippen LogP contribution in [-0.4, -0.2) is 5.78 Å². The molecule has 0 radical (unpaired) electrons. The van der Waals surface area contributed by atoms with Gasteiger partial charge in [-0.3, -0.25) is 4.79 Å². The van der Waals surface area contributed by atoms with Crippen LogP contribution in [-0.2, 0) is 10.2 Å². The molecule has 0 heterocycles. The van der Waals surface area contributed by atoms with E-state index in [1.165, 1.54) is 0 Å². The molecular weight excluding hydrogens is 316 g/mol. The van der Waals surface area contributed by atoms with Gasteiger partial charge in [-0.2, -0.15) is 0 Å². The highest BCUT2D eigenvalue weighted by atomic mass is 16.1. The molecule has 4 rings (SSSR count). The van der Waals surface area contributed by atoms with Gasteiger partial charge in [0.05, 0.1) is 11.3 Å². The van der Waals surface area contributed by atoms with E-state index in [9.17, 15) is 4.79 Å². The highest BCUT2D eigenvalue weighted by molar-refractivity contribution is 6.14. The number of hydrogen-bond acceptors (Lipinski definition) is 1. The number of rotatable bonds is 3. The Morgan fingerprint density at radius 2 is 1.23 bits per heavy atom. The van der Waals surface area contributed by atoms with Crippen LogP contribution in [0.2, 0.25) is 0 Å². The van der Waals surface area contributed by atoms with Crippen molar-refractivity contribution in [2.45, 2.75) is 25.2 Å². The summed E-state index contributed by atoms with van der Waals surface area (Å²) in [6, 6.07) is 30.6. The molecule has 2 atom stereocenters. The fourth-order valence-electron chi connectivity index (χ4n) is 4.37. The minimum atomic E-state index is -0.646.